The molecule has 12 nitrogen and oxygen atoms in total. The van der Waals surface area contributed by atoms with E-state index >= 15 is 0 Å². The predicted molar refractivity (Wildman–Crippen MR) is 230 cm³/mol. The molecule has 4 aromatic carbocycles. The van der Waals surface area contributed by atoms with Gasteiger partial charge in [-0.1, -0.05) is 38.1 Å². The third-order valence-electron chi connectivity index (χ3n) is 12.5. The maximum atomic E-state index is 11.0. The van der Waals surface area contributed by atoms with Gasteiger partial charge in [-0.25, -0.2) is 0 Å². The van der Waals surface area contributed by atoms with Gasteiger partial charge in [0, 0.05) is 42.9 Å². The number of nitrogens with one attached hydrogen (secondary N) is 3. The lowest BCUT2D eigenvalue weighted by Gasteiger charge is -2.47. The highest BCUT2D eigenvalue weighted by Gasteiger charge is 2.50. The summed E-state index contributed by atoms with van der Waals surface area (Å²) in [6.45, 7) is 8.11. The molecule has 0 bridgehead atoms. The zero-order chi connectivity index (χ0) is 42.2. The monoisotopic (exact) mass is 820 g/mol. The summed E-state index contributed by atoms with van der Waals surface area (Å²) in [4.78, 5) is 4.61. The molecule has 0 aromatic heterocycles. The first-order valence-corrected chi connectivity index (χ1v) is 21.3. The number of rotatable bonds is 16. The van der Waals surface area contributed by atoms with E-state index in [1.54, 1.807) is 12.1 Å². The van der Waals surface area contributed by atoms with Crippen molar-refractivity contribution in [2.24, 2.45) is 10.9 Å². The summed E-state index contributed by atoms with van der Waals surface area (Å²) >= 11 is 0. The van der Waals surface area contributed by atoms with Crippen LogP contribution in [0, 0.1) is 5.92 Å². The standard InChI is InChI=1S/C48H60N4O8/c1-28(2)21-47(3,56)24-50-26-51-25-48(58-27-49-4)22-39-38-18-32(17-29-6-12-40-30(16-29)14-15-52-40)37-20-33(54)8-10-35(37)43(38)45-36(11-9-34(23-53)59-45)44(39)60-46(48)31-7-13-41(55)42(19-31)57-5/h6-8,10,12-14,16,19-20,28,32,34,46,49-51,53-56H,9,11,15,17-18,21-27H2,1-5H3/t32-,34+,46+,47-,48-/m0/s1. The number of fused-ring (bicyclic) bond motifs is 9. The second-order valence-corrected chi connectivity index (χ2v) is 17.7. The van der Waals surface area contributed by atoms with E-state index in [9.17, 15) is 20.4 Å². The first kappa shape index (κ1) is 42.0. The normalized spacial score (nSPS) is 22.2. The lowest BCUT2D eigenvalue weighted by Crippen LogP contribution is -2.56. The molecule has 0 amide bonds. The number of benzene rings is 4. The van der Waals surface area contributed by atoms with Gasteiger partial charge >= 0.3 is 0 Å². The Hall–Kier alpha value is -4.69. The molecule has 60 heavy (non-hydrogen) atoms. The van der Waals surface area contributed by atoms with Gasteiger partial charge in [0.05, 0.1) is 38.0 Å². The average Bonchev–Trinajstić information content (AvgIpc) is 3.70. The molecule has 0 fully saturated rings. The fourth-order valence-electron chi connectivity index (χ4n) is 9.98. The number of hydrogen-bond acceptors (Lipinski definition) is 12. The number of nitrogens with zero attached hydrogens (tertiary/aromatic N) is 1. The van der Waals surface area contributed by atoms with Crippen LogP contribution in [0.15, 0.2) is 59.6 Å². The zero-order valence-electron chi connectivity index (χ0n) is 35.4. The third kappa shape index (κ3) is 8.33. The van der Waals surface area contributed by atoms with Gasteiger partial charge in [-0.2, -0.15) is 0 Å². The molecule has 4 aromatic rings. The quantitative estimate of drug-likeness (QED) is 0.0637. The number of methoxy groups -OCH3 is 1. The van der Waals surface area contributed by atoms with Crippen molar-refractivity contribution >= 4 is 6.08 Å². The third-order valence-corrected chi connectivity index (χ3v) is 12.5. The lowest BCUT2D eigenvalue weighted by atomic mass is 9.70. The largest absolute Gasteiger partial charge is 0.508 e. The number of aliphatic hydroxyl groups is 2. The van der Waals surface area contributed by atoms with E-state index < -0.39 is 17.3 Å². The van der Waals surface area contributed by atoms with Gasteiger partial charge in [-0.15, -0.1) is 0 Å². The van der Waals surface area contributed by atoms with E-state index in [1.807, 2.05) is 38.2 Å². The Morgan fingerprint density at radius 2 is 1.85 bits per heavy atom. The molecular formula is C48H60N4O8. The van der Waals surface area contributed by atoms with Crippen LogP contribution in [0.2, 0.25) is 0 Å². The highest BCUT2D eigenvalue weighted by atomic mass is 16.6. The van der Waals surface area contributed by atoms with Crippen LogP contribution < -0.4 is 40.7 Å². The summed E-state index contributed by atoms with van der Waals surface area (Å²) in [7, 11) is 3.38. The van der Waals surface area contributed by atoms with Crippen molar-refractivity contribution in [2.75, 3.05) is 53.8 Å². The molecule has 0 saturated carbocycles. The van der Waals surface area contributed by atoms with Crippen molar-refractivity contribution in [1.29, 1.82) is 0 Å². The van der Waals surface area contributed by atoms with Crippen LogP contribution in [0.1, 0.15) is 79.0 Å². The minimum Gasteiger partial charge on any atom is -0.508 e. The molecule has 1 aliphatic carbocycles. The fourth-order valence-corrected chi connectivity index (χ4v) is 9.98. The van der Waals surface area contributed by atoms with Crippen molar-refractivity contribution in [3.8, 4) is 39.9 Å². The minimum absolute atomic E-state index is 0.0167. The number of aromatic hydroxyl groups is 2. The van der Waals surface area contributed by atoms with E-state index in [2.05, 4.69) is 59.1 Å². The molecule has 0 spiro atoms. The van der Waals surface area contributed by atoms with E-state index in [4.69, 9.17) is 18.9 Å². The fraction of sp³-hybridized carbons (Fsp3) is 0.479. The van der Waals surface area contributed by atoms with E-state index in [1.165, 1.54) is 12.7 Å². The summed E-state index contributed by atoms with van der Waals surface area (Å²) in [5, 5.41) is 55.5. The SMILES string of the molecule is CNCO[C@]1(CNCNC[C@@](C)(O)CC(C)C)Cc2c3c(c4c(c2O[C@@H]1c1ccc(O)c(OC)c1)CC[C@H](CO)O4)-c1ccc(O)cc1[C@@H](Cc1ccc2c(c1)=CCN=2)C3. The average molecular weight is 821 g/mol. The number of phenolic OH excluding ortho intramolecular Hbond substituents is 2. The zero-order valence-corrected chi connectivity index (χ0v) is 35.4. The Morgan fingerprint density at radius 3 is 2.63 bits per heavy atom. The molecule has 5 atom stereocenters. The molecule has 12 heteroatoms. The second kappa shape index (κ2) is 17.4. The molecule has 3 heterocycles. The number of ether oxygens (including phenoxy) is 4. The Kier molecular flexibility index (Phi) is 12.2. The van der Waals surface area contributed by atoms with Gasteiger partial charge in [0.2, 0.25) is 0 Å². The molecule has 0 radical (unpaired) electrons. The van der Waals surface area contributed by atoms with Crippen LogP contribution in [0.25, 0.3) is 17.2 Å². The van der Waals surface area contributed by atoms with Gasteiger partial charge < -0.3 is 50.0 Å². The molecule has 4 aliphatic rings. The maximum absolute atomic E-state index is 11.0. The molecule has 8 rings (SSSR count). The van der Waals surface area contributed by atoms with E-state index in [-0.39, 0.29) is 36.9 Å². The van der Waals surface area contributed by atoms with Crippen LogP contribution >= 0.6 is 0 Å². The van der Waals surface area contributed by atoms with Crippen LogP contribution in [0.5, 0.6) is 28.7 Å². The highest BCUT2D eigenvalue weighted by molar-refractivity contribution is 5.85. The van der Waals surface area contributed by atoms with Crippen molar-refractivity contribution in [3.05, 3.63) is 98.6 Å². The molecule has 320 valence electrons. The summed E-state index contributed by atoms with van der Waals surface area (Å²) in [5.74, 6) is 2.41. The first-order chi connectivity index (χ1) is 28.9. The van der Waals surface area contributed by atoms with Gasteiger partial charge in [0.25, 0.3) is 0 Å². The molecule has 7 N–H and O–H groups in total. The van der Waals surface area contributed by atoms with E-state index in [0.29, 0.717) is 70.1 Å². The molecule has 0 saturated heterocycles. The number of phenols is 2. The van der Waals surface area contributed by atoms with E-state index in [0.717, 1.165) is 67.4 Å². The Morgan fingerprint density at radius 1 is 1.00 bits per heavy atom. The van der Waals surface area contributed by atoms with Crippen molar-refractivity contribution in [3.63, 3.8) is 0 Å². The van der Waals surface area contributed by atoms with Gasteiger partial charge in [0.15, 0.2) is 17.6 Å². The summed E-state index contributed by atoms with van der Waals surface area (Å²) in [6, 6.07) is 17.4. The van der Waals surface area contributed by atoms with Crippen molar-refractivity contribution < 1.29 is 39.4 Å². The highest BCUT2D eigenvalue weighted by Crippen LogP contribution is 2.57. The van der Waals surface area contributed by atoms with Crippen molar-refractivity contribution in [1.82, 2.24) is 16.0 Å². The van der Waals surface area contributed by atoms with Crippen LogP contribution in [-0.4, -0.2) is 91.5 Å². The Balaban J connectivity index is 1.26. The van der Waals surface area contributed by atoms with Crippen LogP contribution in [-0.2, 0) is 30.4 Å². The summed E-state index contributed by atoms with van der Waals surface area (Å²) < 4.78 is 26.7. The smallest absolute Gasteiger partial charge is 0.160 e. The van der Waals surface area contributed by atoms with Crippen molar-refractivity contribution in [2.45, 2.75) is 88.6 Å². The maximum Gasteiger partial charge on any atom is 0.160 e. The van der Waals surface area contributed by atoms with Crippen LogP contribution in [0.3, 0.4) is 0 Å². The topological polar surface area (TPSA) is 166 Å². The first-order valence-electron chi connectivity index (χ1n) is 21.3. The Bertz CT molecular complexity index is 2350. The summed E-state index contributed by atoms with van der Waals surface area (Å²) in [6.07, 6.45) is 4.94. The number of hydrogen-bond donors (Lipinski definition) is 7. The van der Waals surface area contributed by atoms with Gasteiger partial charge in [-0.05, 0) is 127 Å². The molecule has 3 aliphatic heterocycles. The summed E-state index contributed by atoms with van der Waals surface area (Å²) in [5.41, 5.74) is 6.27. The minimum atomic E-state index is -0.977. The molecular weight excluding hydrogens is 761 g/mol. The second-order valence-electron chi connectivity index (χ2n) is 17.7. The Labute approximate surface area is 352 Å². The van der Waals surface area contributed by atoms with Gasteiger partial charge in [0.1, 0.15) is 29.0 Å². The van der Waals surface area contributed by atoms with Gasteiger partial charge in [-0.3, -0.25) is 10.3 Å². The molecule has 0 unspecified atom stereocenters. The van der Waals surface area contributed by atoms with Crippen LogP contribution in [0.4, 0.5) is 0 Å². The predicted octanol–water partition coefficient (Wildman–Crippen LogP) is 4.30. The lowest BCUT2D eigenvalue weighted by molar-refractivity contribution is -0.129. The number of aliphatic hydroxyl groups excluding tert-OH is 1.